The summed E-state index contributed by atoms with van der Waals surface area (Å²) in [4.78, 5) is 5.25. The minimum Gasteiger partial charge on any atom is -0.494 e. The molecule has 1 heterocycles. The number of hydrogen-bond acceptors (Lipinski definition) is 4. The smallest absolute Gasteiger partial charge is 0.123 e. The molecular formula is C21H34N2O2. The van der Waals surface area contributed by atoms with Gasteiger partial charge in [0, 0.05) is 50.4 Å². The van der Waals surface area contributed by atoms with Crippen LogP contribution < -0.4 is 4.74 Å². The van der Waals surface area contributed by atoms with Crippen LogP contribution in [-0.2, 0) is 6.54 Å². The molecule has 1 saturated heterocycles. The number of benzene rings is 1. The van der Waals surface area contributed by atoms with Gasteiger partial charge < -0.3 is 9.84 Å². The molecule has 1 N–H and O–H groups in total. The van der Waals surface area contributed by atoms with Crippen LogP contribution in [-0.4, -0.2) is 59.8 Å². The van der Waals surface area contributed by atoms with Crippen LogP contribution >= 0.6 is 0 Å². The summed E-state index contributed by atoms with van der Waals surface area (Å²) < 4.78 is 5.80. The Kier molecular flexibility index (Phi) is 7.14. The first kappa shape index (κ1) is 18.7. The number of rotatable bonds is 7. The van der Waals surface area contributed by atoms with Gasteiger partial charge in [0.1, 0.15) is 5.75 Å². The van der Waals surface area contributed by atoms with Crippen LogP contribution in [0.1, 0.15) is 51.0 Å². The lowest BCUT2D eigenvalue weighted by molar-refractivity contribution is 0.0218. The number of aliphatic hydroxyl groups is 1. The Morgan fingerprint density at radius 2 is 1.92 bits per heavy atom. The Morgan fingerprint density at radius 3 is 2.68 bits per heavy atom. The molecule has 4 nitrogen and oxygen atoms in total. The molecule has 1 atom stereocenters. The van der Waals surface area contributed by atoms with Crippen molar-refractivity contribution in [1.82, 2.24) is 9.80 Å². The third kappa shape index (κ3) is 4.96. The Hall–Kier alpha value is -1.10. The van der Waals surface area contributed by atoms with Crippen LogP contribution in [0.3, 0.4) is 0 Å². The molecule has 25 heavy (non-hydrogen) atoms. The maximum absolute atomic E-state index is 9.57. The first-order valence-corrected chi connectivity index (χ1v) is 10.1. The van der Waals surface area contributed by atoms with E-state index in [0.29, 0.717) is 12.6 Å². The quantitative estimate of drug-likeness (QED) is 0.822. The molecule has 1 aliphatic carbocycles. The Morgan fingerprint density at radius 1 is 1.12 bits per heavy atom. The topological polar surface area (TPSA) is 35.9 Å². The van der Waals surface area contributed by atoms with Gasteiger partial charge in [0.15, 0.2) is 0 Å². The zero-order valence-electron chi connectivity index (χ0n) is 15.7. The second kappa shape index (κ2) is 9.56. The van der Waals surface area contributed by atoms with Crippen molar-refractivity contribution in [3.8, 4) is 5.75 Å². The summed E-state index contributed by atoms with van der Waals surface area (Å²) >= 11 is 0. The Balaban J connectivity index is 1.65. The van der Waals surface area contributed by atoms with Gasteiger partial charge in [0.25, 0.3) is 0 Å². The molecule has 0 spiro atoms. The van der Waals surface area contributed by atoms with Crippen molar-refractivity contribution >= 4 is 0 Å². The summed E-state index contributed by atoms with van der Waals surface area (Å²) in [5.41, 5.74) is 1.26. The molecule has 1 saturated carbocycles. The van der Waals surface area contributed by atoms with Crippen molar-refractivity contribution in [1.29, 1.82) is 0 Å². The lowest BCUT2D eigenvalue weighted by Crippen LogP contribution is -2.56. The molecule has 4 heteroatoms. The average molecular weight is 347 g/mol. The van der Waals surface area contributed by atoms with Gasteiger partial charge in [-0.3, -0.25) is 9.80 Å². The first-order valence-electron chi connectivity index (χ1n) is 10.1. The predicted octanol–water partition coefficient (Wildman–Crippen LogP) is 3.29. The summed E-state index contributed by atoms with van der Waals surface area (Å²) in [5, 5.41) is 9.57. The maximum Gasteiger partial charge on any atom is 0.123 e. The molecule has 1 aromatic rings. The predicted molar refractivity (Wildman–Crippen MR) is 102 cm³/mol. The molecule has 0 unspecified atom stereocenters. The van der Waals surface area contributed by atoms with Crippen LogP contribution in [0.4, 0.5) is 0 Å². The van der Waals surface area contributed by atoms with E-state index in [1.807, 2.05) is 13.0 Å². The van der Waals surface area contributed by atoms with E-state index in [0.717, 1.165) is 44.4 Å². The van der Waals surface area contributed by atoms with E-state index in [-0.39, 0.29) is 6.61 Å². The molecule has 1 aliphatic heterocycles. The molecule has 2 fully saturated rings. The molecule has 0 aromatic heterocycles. The van der Waals surface area contributed by atoms with Crippen LogP contribution in [0.25, 0.3) is 0 Å². The third-order valence-corrected chi connectivity index (χ3v) is 5.84. The lowest BCUT2D eigenvalue weighted by Gasteiger charge is -2.45. The van der Waals surface area contributed by atoms with Gasteiger partial charge in [-0.2, -0.15) is 0 Å². The zero-order chi connectivity index (χ0) is 17.5. The summed E-state index contributed by atoms with van der Waals surface area (Å²) in [5.74, 6) is 1.00. The summed E-state index contributed by atoms with van der Waals surface area (Å²) in [6, 6.07) is 9.59. The maximum atomic E-state index is 9.57. The van der Waals surface area contributed by atoms with E-state index in [9.17, 15) is 5.11 Å². The highest BCUT2D eigenvalue weighted by atomic mass is 16.5. The van der Waals surface area contributed by atoms with Crippen molar-refractivity contribution in [3.63, 3.8) is 0 Å². The standard InChI is InChI=1S/C21H34N2O2/c1-2-25-21-11-7-6-8-18(21)16-22-13-14-23(17-20(22)12-15-24)19-9-4-3-5-10-19/h6-8,11,19-20,24H,2-5,9-10,12-17H2,1H3/t20-/m1/s1. The monoisotopic (exact) mass is 346 g/mol. The van der Waals surface area contributed by atoms with E-state index in [4.69, 9.17) is 4.74 Å². The number of nitrogens with zero attached hydrogens (tertiary/aromatic N) is 2. The molecule has 0 bridgehead atoms. The van der Waals surface area contributed by atoms with E-state index >= 15 is 0 Å². The van der Waals surface area contributed by atoms with Crippen molar-refractivity contribution in [3.05, 3.63) is 29.8 Å². The highest BCUT2D eigenvalue weighted by molar-refractivity contribution is 5.33. The fourth-order valence-corrected chi connectivity index (χ4v) is 4.48. The van der Waals surface area contributed by atoms with Crippen molar-refractivity contribution in [2.45, 2.75) is 64.1 Å². The average Bonchev–Trinajstić information content (AvgIpc) is 2.66. The van der Waals surface area contributed by atoms with Crippen molar-refractivity contribution in [2.24, 2.45) is 0 Å². The minimum atomic E-state index is 0.271. The second-order valence-corrected chi connectivity index (χ2v) is 7.46. The second-order valence-electron chi connectivity index (χ2n) is 7.46. The fourth-order valence-electron chi connectivity index (χ4n) is 4.48. The third-order valence-electron chi connectivity index (χ3n) is 5.84. The zero-order valence-corrected chi connectivity index (χ0v) is 15.7. The first-order chi connectivity index (χ1) is 12.3. The SMILES string of the molecule is CCOc1ccccc1CN1CCN(C2CCCCC2)C[C@H]1CCO. The summed E-state index contributed by atoms with van der Waals surface area (Å²) in [7, 11) is 0. The van der Waals surface area contributed by atoms with Gasteiger partial charge in [0.05, 0.1) is 6.61 Å². The summed E-state index contributed by atoms with van der Waals surface area (Å²) in [6.45, 7) is 7.26. The minimum absolute atomic E-state index is 0.271. The lowest BCUT2D eigenvalue weighted by atomic mass is 9.92. The van der Waals surface area contributed by atoms with Crippen molar-refractivity contribution in [2.75, 3.05) is 32.8 Å². The van der Waals surface area contributed by atoms with Crippen LogP contribution in [0.2, 0.25) is 0 Å². The molecule has 3 rings (SSSR count). The van der Waals surface area contributed by atoms with Gasteiger partial charge in [-0.15, -0.1) is 0 Å². The molecule has 140 valence electrons. The number of piperazine rings is 1. The van der Waals surface area contributed by atoms with E-state index in [2.05, 4.69) is 28.0 Å². The van der Waals surface area contributed by atoms with Gasteiger partial charge in [0.2, 0.25) is 0 Å². The largest absolute Gasteiger partial charge is 0.494 e. The Labute approximate surface area is 152 Å². The highest BCUT2D eigenvalue weighted by Crippen LogP contribution is 2.27. The van der Waals surface area contributed by atoms with E-state index in [1.165, 1.54) is 37.7 Å². The van der Waals surface area contributed by atoms with Gasteiger partial charge in [-0.05, 0) is 32.3 Å². The van der Waals surface area contributed by atoms with E-state index in [1.54, 1.807) is 0 Å². The molecule has 2 aliphatic rings. The van der Waals surface area contributed by atoms with Crippen LogP contribution in [0.5, 0.6) is 5.75 Å². The van der Waals surface area contributed by atoms with Crippen molar-refractivity contribution < 1.29 is 9.84 Å². The fraction of sp³-hybridized carbons (Fsp3) is 0.714. The molecule has 0 radical (unpaired) electrons. The number of aliphatic hydroxyl groups excluding tert-OH is 1. The highest BCUT2D eigenvalue weighted by Gasteiger charge is 2.31. The van der Waals surface area contributed by atoms with Crippen LogP contribution in [0, 0.1) is 0 Å². The number of ether oxygens (including phenoxy) is 1. The molecular weight excluding hydrogens is 312 g/mol. The number of hydrogen-bond donors (Lipinski definition) is 1. The van der Waals surface area contributed by atoms with Gasteiger partial charge in [-0.25, -0.2) is 0 Å². The van der Waals surface area contributed by atoms with Gasteiger partial charge >= 0.3 is 0 Å². The molecule has 1 aromatic carbocycles. The number of para-hydroxylation sites is 1. The van der Waals surface area contributed by atoms with E-state index < -0.39 is 0 Å². The Bertz CT molecular complexity index is 516. The van der Waals surface area contributed by atoms with Gasteiger partial charge in [-0.1, -0.05) is 37.5 Å². The molecule has 0 amide bonds. The van der Waals surface area contributed by atoms with Crippen LogP contribution in [0.15, 0.2) is 24.3 Å². The normalized spacial score (nSPS) is 23.7. The summed E-state index contributed by atoms with van der Waals surface area (Å²) in [6.07, 6.45) is 7.76.